The van der Waals surface area contributed by atoms with E-state index in [-0.39, 0.29) is 6.61 Å². The number of carbonyl (C=O) groups is 3. The van der Waals surface area contributed by atoms with E-state index >= 15 is 0 Å². The van der Waals surface area contributed by atoms with E-state index in [0.717, 1.165) is 18.2 Å². The molecule has 0 unspecified atom stereocenters. The Bertz CT molecular complexity index is 1450. The van der Waals surface area contributed by atoms with Crippen LogP contribution >= 0.6 is 0 Å². The fourth-order valence-corrected chi connectivity index (χ4v) is 4.51. The molecule has 3 aromatic rings. The third-order valence-corrected chi connectivity index (χ3v) is 6.47. The summed E-state index contributed by atoms with van der Waals surface area (Å²) in [5.74, 6) is -6.11. The number of hydrogen-bond donors (Lipinski definition) is 1. The number of carboxylic acid groups (broad SMARTS) is 1. The number of aliphatic carboxylic acids is 1. The fourth-order valence-electron chi connectivity index (χ4n) is 4.51. The van der Waals surface area contributed by atoms with Crippen molar-refractivity contribution >= 4 is 17.9 Å². The number of hydrogen-bond acceptors (Lipinski definition) is 9. The van der Waals surface area contributed by atoms with Crippen LogP contribution in [0.2, 0.25) is 0 Å². The van der Waals surface area contributed by atoms with Crippen LogP contribution in [0.5, 0.6) is 0 Å². The third kappa shape index (κ3) is 6.44. The first kappa shape index (κ1) is 29.2. The first-order valence-corrected chi connectivity index (χ1v) is 12.6. The molecule has 6 atom stereocenters. The van der Waals surface area contributed by atoms with Crippen molar-refractivity contribution in [2.24, 2.45) is 0 Å². The van der Waals surface area contributed by atoms with Gasteiger partial charge in [-0.3, -0.25) is 0 Å². The molecule has 0 spiro atoms. The van der Waals surface area contributed by atoms with Crippen molar-refractivity contribution in [2.45, 2.75) is 37.0 Å². The Morgan fingerprint density at radius 2 is 1.36 bits per heavy atom. The van der Waals surface area contributed by atoms with Crippen LogP contribution in [0.15, 0.2) is 72.8 Å². The van der Waals surface area contributed by atoms with Gasteiger partial charge >= 0.3 is 17.9 Å². The highest BCUT2D eigenvalue weighted by Crippen LogP contribution is 2.37. The maximum Gasteiger partial charge on any atom is 0.341 e. The predicted molar refractivity (Wildman–Crippen MR) is 133 cm³/mol. The molecular formula is C29H23F3O10. The van der Waals surface area contributed by atoms with E-state index in [0.29, 0.717) is 5.56 Å². The molecular weight excluding hydrogens is 565 g/mol. The summed E-state index contributed by atoms with van der Waals surface area (Å²) in [6, 6.07) is 15.0. The first-order valence-electron chi connectivity index (χ1n) is 12.6. The van der Waals surface area contributed by atoms with Crippen molar-refractivity contribution in [1.29, 1.82) is 0 Å². The molecule has 2 aliphatic heterocycles. The second-order valence-corrected chi connectivity index (χ2v) is 9.26. The normalized spacial score (nSPS) is 25.2. The van der Waals surface area contributed by atoms with Gasteiger partial charge < -0.3 is 33.5 Å². The van der Waals surface area contributed by atoms with Gasteiger partial charge in [0.05, 0.1) is 17.7 Å². The summed E-state index contributed by atoms with van der Waals surface area (Å²) in [7, 11) is 0. The Morgan fingerprint density at radius 1 is 0.786 bits per heavy atom. The van der Waals surface area contributed by atoms with Crippen LogP contribution in [0.1, 0.15) is 32.6 Å². The van der Waals surface area contributed by atoms with Gasteiger partial charge in [0.2, 0.25) is 0 Å². The largest absolute Gasteiger partial charge is 0.480 e. The molecule has 42 heavy (non-hydrogen) atoms. The summed E-state index contributed by atoms with van der Waals surface area (Å²) in [6.07, 6.45) is -8.43. The minimum absolute atomic E-state index is 0.207. The zero-order chi connectivity index (χ0) is 29.8. The van der Waals surface area contributed by atoms with Crippen LogP contribution in [-0.4, -0.2) is 66.9 Å². The maximum absolute atomic E-state index is 14.5. The van der Waals surface area contributed by atoms with E-state index in [2.05, 4.69) is 0 Å². The lowest BCUT2D eigenvalue weighted by atomic mass is 9.97. The first-order chi connectivity index (χ1) is 20.2. The topological polar surface area (TPSA) is 127 Å². The molecule has 0 amide bonds. The average molecular weight is 588 g/mol. The van der Waals surface area contributed by atoms with Crippen LogP contribution in [-0.2, 0) is 33.2 Å². The third-order valence-electron chi connectivity index (χ3n) is 6.47. The standard InChI is InChI=1S/C29H23F3O10/c30-16-11-9-15(10-12-16)28-37-13-21-23(42-28)24(40-26(35)17-5-1-3-7-19(17)31)25(29(39-21)38-14-22(33)34)41-27(36)18-6-2-4-8-20(18)32/h1-12,21,23-25,28-29H,13-14H2,(H,33,34)/t21-,23-,24+,25-,28-,29+/m1/s1. The quantitative estimate of drug-likeness (QED) is 0.389. The van der Waals surface area contributed by atoms with Crippen LogP contribution in [0.4, 0.5) is 13.2 Å². The number of fused-ring (bicyclic) bond motifs is 1. The fraction of sp³-hybridized carbons (Fsp3) is 0.276. The van der Waals surface area contributed by atoms with Crippen molar-refractivity contribution in [1.82, 2.24) is 0 Å². The number of halogens is 3. The summed E-state index contributed by atoms with van der Waals surface area (Å²) in [5, 5.41) is 9.19. The number of carboxylic acids is 1. The van der Waals surface area contributed by atoms with E-state index in [1.54, 1.807) is 0 Å². The van der Waals surface area contributed by atoms with Gasteiger partial charge in [-0.25, -0.2) is 27.6 Å². The highest BCUT2D eigenvalue weighted by molar-refractivity contribution is 5.90. The molecule has 13 heteroatoms. The smallest absolute Gasteiger partial charge is 0.341 e. The Morgan fingerprint density at radius 3 is 1.93 bits per heavy atom. The molecule has 0 radical (unpaired) electrons. The van der Waals surface area contributed by atoms with E-state index in [9.17, 15) is 32.7 Å². The molecule has 3 aromatic carbocycles. The molecule has 0 aliphatic carbocycles. The van der Waals surface area contributed by atoms with Crippen molar-refractivity contribution in [3.05, 3.63) is 107 Å². The summed E-state index contributed by atoms with van der Waals surface area (Å²) in [5.41, 5.74) is -0.545. The van der Waals surface area contributed by atoms with Gasteiger partial charge in [0.15, 0.2) is 24.8 Å². The van der Waals surface area contributed by atoms with E-state index in [4.69, 9.17) is 28.4 Å². The molecule has 2 saturated heterocycles. The Hall–Kier alpha value is -4.30. The Balaban J connectivity index is 1.51. The van der Waals surface area contributed by atoms with Gasteiger partial charge in [-0.15, -0.1) is 0 Å². The summed E-state index contributed by atoms with van der Waals surface area (Å²) in [6.45, 7) is -1.12. The highest BCUT2D eigenvalue weighted by Gasteiger charge is 2.54. The number of carbonyl (C=O) groups excluding carboxylic acids is 2. The lowest BCUT2D eigenvalue weighted by Crippen LogP contribution is -2.64. The molecule has 10 nitrogen and oxygen atoms in total. The summed E-state index contributed by atoms with van der Waals surface area (Å²) < 4.78 is 76.5. The SMILES string of the molecule is O=C(O)CO[C@H]1O[C@@H]2CO[C@@H](c3ccc(F)cc3)O[C@H]2[C@H](OC(=O)c2ccccc2F)[C@H]1OC(=O)c1ccccc1F. The zero-order valence-electron chi connectivity index (χ0n) is 21.6. The van der Waals surface area contributed by atoms with E-state index in [1.165, 1.54) is 54.6 Å². The minimum Gasteiger partial charge on any atom is -0.480 e. The molecule has 2 fully saturated rings. The minimum atomic E-state index is -1.72. The second kappa shape index (κ2) is 12.7. The Labute approximate surface area is 236 Å². The summed E-state index contributed by atoms with van der Waals surface area (Å²) in [4.78, 5) is 37.5. The van der Waals surface area contributed by atoms with Crippen LogP contribution in [0.25, 0.3) is 0 Å². The van der Waals surface area contributed by atoms with Crippen LogP contribution in [0.3, 0.4) is 0 Å². The molecule has 2 aliphatic rings. The second-order valence-electron chi connectivity index (χ2n) is 9.26. The van der Waals surface area contributed by atoms with Gasteiger partial charge in [-0.05, 0) is 36.4 Å². The van der Waals surface area contributed by atoms with Crippen LogP contribution in [0, 0.1) is 17.5 Å². The van der Waals surface area contributed by atoms with Gasteiger partial charge in [0, 0.05) is 5.56 Å². The maximum atomic E-state index is 14.5. The number of benzene rings is 3. The zero-order valence-corrected chi connectivity index (χ0v) is 21.6. The monoisotopic (exact) mass is 588 g/mol. The predicted octanol–water partition coefficient (Wildman–Crippen LogP) is 3.80. The van der Waals surface area contributed by atoms with Gasteiger partial charge in [0.25, 0.3) is 0 Å². The lowest BCUT2D eigenvalue weighted by Gasteiger charge is -2.48. The van der Waals surface area contributed by atoms with Crippen molar-refractivity contribution < 1.29 is 61.1 Å². The molecule has 0 aromatic heterocycles. The lowest BCUT2D eigenvalue weighted by molar-refractivity contribution is -0.358. The van der Waals surface area contributed by atoms with Crippen molar-refractivity contribution in [2.75, 3.05) is 13.2 Å². The van der Waals surface area contributed by atoms with Crippen molar-refractivity contribution in [3.63, 3.8) is 0 Å². The molecule has 1 N–H and O–H groups in total. The average Bonchev–Trinajstić information content (AvgIpc) is 2.97. The van der Waals surface area contributed by atoms with Gasteiger partial charge in [-0.2, -0.15) is 0 Å². The van der Waals surface area contributed by atoms with Gasteiger partial charge in [0.1, 0.15) is 36.3 Å². The molecule has 0 bridgehead atoms. The van der Waals surface area contributed by atoms with E-state index in [1.807, 2.05) is 0 Å². The molecule has 0 saturated carbocycles. The number of rotatable bonds is 8. The van der Waals surface area contributed by atoms with E-state index < -0.39 is 90.1 Å². The van der Waals surface area contributed by atoms with Gasteiger partial charge in [-0.1, -0.05) is 36.4 Å². The Kier molecular flexibility index (Phi) is 8.83. The highest BCUT2D eigenvalue weighted by atomic mass is 19.1. The van der Waals surface area contributed by atoms with Crippen LogP contribution < -0.4 is 0 Å². The molecule has 5 rings (SSSR count). The molecule has 2 heterocycles. The molecule has 220 valence electrons. The number of ether oxygens (including phenoxy) is 6. The van der Waals surface area contributed by atoms with Crippen molar-refractivity contribution in [3.8, 4) is 0 Å². The summed E-state index contributed by atoms with van der Waals surface area (Å²) >= 11 is 0. The number of esters is 2.